The molecule has 0 aliphatic carbocycles. The summed E-state index contributed by atoms with van der Waals surface area (Å²) < 4.78 is 6.37. The molecule has 0 spiro atoms. The van der Waals surface area contributed by atoms with Gasteiger partial charge in [0.05, 0.1) is 6.10 Å². The molecule has 27 heavy (non-hydrogen) atoms. The average molecular weight is 359 g/mol. The van der Waals surface area contributed by atoms with E-state index in [-0.39, 0.29) is 6.10 Å². The number of hydrogen-bond donors (Lipinski definition) is 0. The fourth-order valence-corrected chi connectivity index (χ4v) is 3.51. The molecule has 1 atom stereocenters. The van der Waals surface area contributed by atoms with Gasteiger partial charge in [0, 0.05) is 5.56 Å². The van der Waals surface area contributed by atoms with E-state index in [1.165, 1.54) is 42.4 Å². The Balaban J connectivity index is 1.85. The molecule has 0 aromatic heterocycles. The largest absolute Gasteiger partial charge is 0.490 e. The minimum absolute atomic E-state index is 0.229. The molecule has 1 heteroatoms. The summed E-state index contributed by atoms with van der Waals surface area (Å²) in [7, 11) is 0. The summed E-state index contributed by atoms with van der Waals surface area (Å²) in [5, 5.41) is 0. The third-order valence-corrected chi connectivity index (χ3v) is 4.98. The molecule has 0 saturated heterocycles. The first kappa shape index (κ1) is 19.2. The topological polar surface area (TPSA) is 9.23 Å². The van der Waals surface area contributed by atoms with Gasteiger partial charge in [-0.15, -0.1) is 0 Å². The molecule has 1 nitrogen and oxygen atoms in total. The smallest absolute Gasteiger partial charge is 0.127 e. The van der Waals surface area contributed by atoms with Crippen molar-refractivity contribution in [1.82, 2.24) is 0 Å². The maximum Gasteiger partial charge on any atom is 0.127 e. The lowest BCUT2D eigenvalue weighted by atomic mass is 9.94. The molecule has 0 fully saturated rings. The van der Waals surface area contributed by atoms with Crippen LogP contribution in [-0.4, -0.2) is 6.10 Å². The zero-order valence-corrected chi connectivity index (χ0v) is 16.5. The molecule has 0 N–H and O–H groups in total. The first-order chi connectivity index (χ1) is 13.3. The lowest BCUT2D eigenvalue weighted by Gasteiger charge is -2.19. The van der Waals surface area contributed by atoms with Crippen molar-refractivity contribution in [2.45, 2.75) is 52.1 Å². The lowest BCUT2D eigenvalue weighted by molar-refractivity contribution is 0.207. The molecule has 1 unspecified atom stereocenters. The molecule has 140 valence electrons. The number of para-hydroxylation sites is 1. The Morgan fingerprint density at radius 1 is 0.667 bits per heavy atom. The van der Waals surface area contributed by atoms with Crippen LogP contribution in [0, 0.1) is 0 Å². The number of ether oxygens (including phenoxy) is 1. The van der Waals surface area contributed by atoms with Crippen molar-refractivity contribution in [3.63, 3.8) is 0 Å². The van der Waals surface area contributed by atoms with Gasteiger partial charge in [0.15, 0.2) is 0 Å². The average Bonchev–Trinajstić information content (AvgIpc) is 2.72. The molecule has 0 saturated carbocycles. The van der Waals surface area contributed by atoms with Crippen molar-refractivity contribution >= 4 is 0 Å². The Labute approximate surface area is 164 Å². The Hall–Kier alpha value is -2.54. The number of hydrogen-bond acceptors (Lipinski definition) is 1. The second-order valence-electron chi connectivity index (χ2n) is 7.19. The van der Waals surface area contributed by atoms with Crippen LogP contribution in [-0.2, 0) is 0 Å². The number of benzene rings is 3. The highest BCUT2D eigenvalue weighted by Gasteiger charge is 2.13. The van der Waals surface area contributed by atoms with E-state index in [2.05, 4.69) is 92.7 Å². The minimum atomic E-state index is 0.229. The number of rotatable bonds is 9. The predicted molar refractivity (Wildman–Crippen MR) is 116 cm³/mol. The summed E-state index contributed by atoms with van der Waals surface area (Å²) >= 11 is 0. The highest BCUT2D eigenvalue weighted by molar-refractivity contribution is 5.85. The van der Waals surface area contributed by atoms with Gasteiger partial charge in [0.1, 0.15) is 5.75 Å². The lowest BCUT2D eigenvalue weighted by Crippen LogP contribution is -2.12. The van der Waals surface area contributed by atoms with Gasteiger partial charge in [0.25, 0.3) is 0 Å². The zero-order valence-electron chi connectivity index (χ0n) is 16.5. The summed E-state index contributed by atoms with van der Waals surface area (Å²) in [6.45, 7) is 4.44. The van der Waals surface area contributed by atoms with Gasteiger partial charge in [-0.1, -0.05) is 99.0 Å². The Bertz CT molecular complexity index is 822. The summed E-state index contributed by atoms with van der Waals surface area (Å²) in [4.78, 5) is 0. The van der Waals surface area contributed by atoms with Crippen LogP contribution in [0.1, 0.15) is 46.0 Å². The monoisotopic (exact) mass is 358 g/mol. The van der Waals surface area contributed by atoms with Crippen molar-refractivity contribution in [3.05, 3.63) is 78.9 Å². The fourth-order valence-electron chi connectivity index (χ4n) is 3.51. The summed E-state index contributed by atoms with van der Waals surface area (Å²) in [6, 6.07) is 27.6. The van der Waals surface area contributed by atoms with Gasteiger partial charge in [-0.05, 0) is 42.5 Å². The minimum Gasteiger partial charge on any atom is -0.490 e. The van der Waals surface area contributed by atoms with Crippen LogP contribution < -0.4 is 4.74 Å². The second-order valence-corrected chi connectivity index (χ2v) is 7.19. The van der Waals surface area contributed by atoms with Crippen LogP contribution in [0.25, 0.3) is 22.3 Å². The molecule has 0 aliphatic rings. The summed E-state index contributed by atoms with van der Waals surface area (Å²) in [6.07, 6.45) is 6.45. The molecule has 0 bridgehead atoms. The normalized spacial score (nSPS) is 11.9. The van der Waals surface area contributed by atoms with Gasteiger partial charge in [-0.2, -0.15) is 0 Å². The van der Waals surface area contributed by atoms with Crippen molar-refractivity contribution in [2.24, 2.45) is 0 Å². The third kappa shape index (κ3) is 5.23. The van der Waals surface area contributed by atoms with Gasteiger partial charge >= 0.3 is 0 Å². The Morgan fingerprint density at radius 2 is 1.30 bits per heavy atom. The van der Waals surface area contributed by atoms with Crippen molar-refractivity contribution < 1.29 is 4.74 Å². The highest BCUT2D eigenvalue weighted by Crippen LogP contribution is 2.37. The summed E-state index contributed by atoms with van der Waals surface area (Å²) in [5.41, 5.74) is 4.86. The second kappa shape index (κ2) is 9.97. The molecule has 3 rings (SSSR count). The van der Waals surface area contributed by atoms with E-state index in [0.717, 1.165) is 17.7 Å². The maximum absolute atomic E-state index is 6.37. The van der Waals surface area contributed by atoms with Crippen molar-refractivity contribution in [1.29, 1.82) is 0 Å². The number of unbranched alkanes of at least 4 members (excludes halogenated alkanes) is 3. The fraction of sp³-hybridized carbons (Fsp3) is 0.308. The zero-order chi connectivity index (χ0) is 18.9. The van der Waals surface area contributed by atoms with Crippen LogP contribution in [0.5, 0.6) is 5.75 Å². The van der Waals surface area contributed by atoms with E-state index in [1.807, 2.05) is 0 Å². The van der Waals surface area contributed by atoms with Crippen LogP contribution >= 0.6 is 0 Å². The summed E-state index contributed by atoms with van der Waals surface area (Å²) in [5.74, 6) is 0.976. The van der Waals surface area contributed by atoms with Crippen molar-refractivity contribution in [2.75, 3.05) is 0 Å². The molecule has 0 heterocycles. The van der Waals surface area contributed by atoms with Gasteiger partial charge in [-0.3, -0.25) is 0 Å². The van der Waals surface area contributed by atoms with E-state index in [0.29, 0.717) is 0 Å². The van der Waals surface area contributed by atoms with E-state index in [9.17, 15) is 0 Å². The highest BCUT2D eigenvalue weighted by atomic mass is 16.5. The van der Waals surface area contributed by atoms with Gasteiger partial charge in [0.2, 0.25) is 0 Å². The molecule has 0 aliphatic heterocycles. The predicted octanol–water partition coefficient (Wildman–Crippen LogP) is 7.76. The van der Waals surface area contributed by atoms with Crippen LogP contribution in [0.2, 0.25) is 0 Å². The molecule has 3 aromatic rings. The first-order valence-electron chi connectivity index (χ1n) is 10.2. The third-order valence-electron chi connectivity index (χ3n) is 4.98. The Morgan fingerprint density at radius 3 is 2.04 bits per heavy atom. The molecular formula is C26H30O. The van der Waals surface area contributed by atoms with E-state index in [1.54, 1.807) is 0 Å². The van der Waals surface area contributed by atoms with Crippen molar-refractivity contribution in [3.8, 4) is 28.0 Å². The molecular weight excluding hydrogens is 328 g/mol. The molecule has 0 radical (unpaired) electrons. The SMILES string of the molecule is CCCCCCC(C)Oc1ccccc1-c1ccccc1-c1ccccc1. The van der Waals surface area contributed by atoms with Crippen LogP contribution in [0.3, 0.4) is 0 Å². The molecule has 3 aromatic carbocycles. The van der Waals surface area contributed by atoms with E-state index < -0.39 is 0 Å². The van der Waals surface area contributed by atoms with E-state index in [4.69, 9.17) is 4.74 Å². The Kier molecular flexibility index (Phi) is 7.10. The standard InChI is InChI=1S/C26H30O/c1-3-4-5-7-14-21(2)27-26-20-13-12-19-25(26)24-18-11-10-17-23(24)22-15-8-6-9-16-22/h6,8-13,15-21H,3-5,7,14H2,1-2H3. The van der Waals surface area contributed by atoms with Gasteiger partial charge < -0.3 is 4.74 Å². The van der Waals surface area contributed by atoms with E-state index >= 15 is 0 Å². The van der Waals surface area contributed by atoms with Gasteiger partial charge in [-0.25, -0.2) is 0 Å². The molecule has 0 amide bonds. The first-order valence-corrected chi connectivity index (χ1v) is 10.2. The van der Waals surface area contributed by atoms with Crippen LogP contribution in [0.15, 0.2) is 78.9 Å². The maximum atomic E-state index is 6.37. The quantitative estimate of drug-likeness (QED) is 0.355. The van der Waals surface area contributed by atoms with Crippen LogP contribution in [0.4, 0.5) is 0 Å².